The normalized spacial score (nSPS) is 11.9. The van der Waals surface area contributed by atoms with Crippen molar-refractivity contribution in [1.29, 1.82) is 0 Å². The minimum Gasteiger partial charge on any atom is -0.495 e. The molecule has 4 aromatic rings. The number of anilines is 1. The number of carbonyl (C=O) groups excluding carboxylic acids is 1. The van der Waals surface area contributed by atoms with Crippen LogP contribution in [0.3, 0.4) is 0 Å². The fourth-order valence-corrected chi connectivity index (χ4v) is 6.25. The molecule has 0 aliphatic rings. The number of halogens is 1. The van der Waals surface area contributed by atoms with Crippen LogP contribution in [0.15, 0.2) is 89.4 Å². The van der Waals surface area contributed by atoms with Gasteiger partial charge in [0.2, 0.25) is 4.80 Å². The Balaban J connectivity index is 1.70. The largest absolute Gasteiger partial charge is 0.495 e. The number of amides is 1. The number of aromatic nitrogens is 1. The Labute approximate surface area is 217 Å². The monoisotopic (exact) mass is 542 g/mol. The molecule has 0 atom stereocenters. The van der Waals surface area contributed by atoms with Crippen molar-refractivity contribution in [3.63, 3.8) is 0 Å². The first-order chi connectivity index (χ1) is 17.3. The van der Waals surface area contributed by atoms with Gasteiger partial charge in [0, 0.05) is 7.05 Å². The van der Waals surface area contributed by atoms with E-state index >= 15 is 0 Å². The van der Waals surface area contributed by atoms with Gasteiger partial charge in [-0.3, -0.25) is 9.10 Å². The number of fused-ring (bicyclic) bond motifs is 1. The van der Waals surface area contributed by atoms with Gasteiger partial charge in [-0.1, -0.05) is 53.3 Å². The highest BCUT2D eigenvalue weighted by Crippen LogP contribution is 2.33. The summed E-state index contributed by atoms with van der Waals surface area (Å²) in [4.78, 5) is 13.4. The highest BCUT2D eigenvalue weighted by Gasteiger charge is 2.28. The zero-order valence-electron chi connectivity index (χ0n) is 19.5. The van der Waals surface area contributed by atoms with E-state index in [1.807, 2.05) is 35.9 Å². The van der Waals surface area contributed by atoms with Crippen LogP contribution >= 0.6 is 22.9 Å². The Hall–Kier alpha value is -3.60. The van der Waals surface area contributed by atoms with Crippen LogP contribution in [0.4, 0.5) is 5.69 Å². The molecule has 0 aliphatic carbocycles. The summed E-state index contributed by atoms with van der Waals surface area (Å²) in [5.74, 6) is -0.257. The van der Waals surface area contributed by atoms with Gasteiger partial charge >= 0.3 is 0 Å². The third kappa shape index (κ3) is 4.88. The average Bonchev–Trinajstić information content (AvgIpc) is 3.21. The van der Waals surface area contributed by atoms with Crippen LogP contribution in [0, 0.1) is 0 Å². The summed E-state index contributed by atoms with van der Waals surface area (Å²) in [6.45, 7) is 3.67. The number of carbonyl (C=O) groups is 1. The van der Waals surface area contributed by atoms with Crippen LogP contribution in [0.1, 0.15) is 10.4 Å². The van der Waals surface area contributed by atoms with Crippen LogP contribution in [0.25, 0.3) is 10.2 Å². The third-order valence-corrected chi connectivity index (χ3v) is 8.61. The van der Waals surface area contributed by atoms with E-state index < -0.39 is 15.9 Å². The Kier molecular flexibility index (Phi) is 7.48. The van der Waals surface area contributed by atoms with Gasteiger partial charge in [0.05, 0.1) is 45.0 Å². The summed E-state index contributed by atoms with van der Waals surface area (Å²) in [5.41, 5.74) is 3.78. The Morgan fingerprint density at radius 1 is 1.19 bits per heavy atom. The lowest BCUT2D eigenvalue weighted by atomic mass is 10.2. The van der Waals surface area contributed by atoms with E-state index in [0.717, 1.165) is 14.5 Å². The molecule has 0 aliphatic heterocycles. The smallest absolute Gasteiger partial charge is 0.273 e. The number of methoxy groups -OCH3 is 1. The summed E-state index contributed by atoms with van der Waals surface area (Å²) in [6, 6.07) is 18.5. The van der Waals surface area contributed by atoms with Crippen molar-refractivity contribution in [1.82, 2.24) is 9.99 Å². The predicted octanol–water partition coefficient (Wildman–Crippen LogP) is 4.53. The number of aryl methyl sites for hydroxylation is 1. The van der Waals surface area contributed by atoms with E-state index in [4.69, 9.17) is 16.3 Å². The topological polar surface area (TPSA) is 93.0 Å². The molecule has 1 aromatic heterocycles. The molecule has 0 saturated heterocycles. The molecule has 1 amide bonds. The quantitative estimate of drug-likeness (QED) is 0.261. The number of nitrogens with zero attached hydrogens (tertiary/aromatic N) is 3. The molecule has 0 radical (unpaired) electrons. The van der Waals surface area contributed by atoms with Crippen molar-refractivity contribution in [2.24, 2.45) is 12.1 Å². The molecule has 4 rings (SSSR count). The summed E-state index contributed by atoms with van der Waals surface area (Å²) in [7, 11) is -0.798. The second-order valence-corrected chi connectivity index (χ2v) is 10.9. The number of benzene rings is 3. The maximum Gasteiger partial charge on any atom is 0.273 e. The van der Waals surface area contributed by atoms with Crippen LogP contribution < -0.4 is 19.3 Å². The summed E-state index contributed by atoms with van der Waals surface area (Å²) in [5, 5.41) is 4.31. The zero-order valence-corrected chi connectivity index (χ0v) is 21.9. The lowest BCUT2D eigenvalue weighted by Crippen LogP contribution is -2.32. The molecule has 0 unspecified atom stereocenters. The SMILES string of the molecule is C=CCN(c1ccccc1OC)S(=O)(=O)c1ccc(Cl)c(C(=O)N/N=c2/sc3ccccc3n2C)c1. The van der Waals surface area contributed by atoms with Crippen molar-refractivity contribution in [3.05, 3.63) is 94.8 Å². The molecule has 186 valence electrons. The zero-order chi connectivity index (χ0) is 25.9. The first-order valence-corrected chi connectivity index (χ1v) is 13.4. The van der Waals surface area contributed by atoms with Gasteiger partial charge in [0.25, 0.3) is 15.9 Å². The van der Waals surface area contributed by atoms with E-state index in [1.54, 1.807) is 24.3 Å². The molecule has 36 heavy (non-hydrogen) atoms. The average molecular weight is 543 g/mol. The lowest BCUT2D eigenvalue weighted by molar-refractivity contribution is 0.0953. The van der Waals surface area contributed by atoms with E-state index in [9.17, 15) is 13.2 Å². The number of thiazole rings is 1. The summed E-state index contributed by atoms with van der Waals surface area (Å²) < 4.78 is 36.6. The van der Waals surface area contributed by atoms with Crippen LogP contribution in [0.5, 0.6) is 5.75 Å². The molecule has 1 heterocycles. The molecular formula is C25H23ClN4O4S2. The maximum atomic E-state index is 13.6. The van der Waals surface area contributed by atoms with Gasteiger partial charge < -0.3 is 9.30 Å². The van der Waals surface area contributed by atoms with Crippen molar-refractivity contribution in [2.75, 3.05) is 18.0 Å². The number of nitrogens with one attached hydrogen (secondary N) is 1. The van der Waals surface area contributed by atoms with Crippen LogP contribution in [-0.2, 0) is 17.1 Å². The lowest BCUT2D eigenvalue weighted by Gasteiger charge is -2.25. The fourth-order valence-electron chi connectivity index (χ4n) is 3.59. The Morgan fingerprint density at radius 3 is 2.64 bits per heavy atom. The van der Waals surface area contributed by atoms with Gasteiger partial charge in [-0.05, 0) is 42.5 Å². The number of para-hydroxylation sites is 3. The minimum atomic E-state index is -4.10. The molecule has 3 aromatic carbocycles. The van der Waals surface area contributed by atoms with E-state index in [2.05, 4.69) is 17.1 Å². The fraction of sp³-hybridized carbons (Fsp3) is 0.120. The number of sulfonamides is 1. The van der Waals surface area contributed by atoms with Gasteiger partial charge in [-0.25, -0.2) is 13.8 Å². The van der Waals surface area contributed by atoms with Crippen molar-refractivity contribution in [3.8, 4) is 5.75 Å². The van der Waals surface area contributed by atoms with Crippen LogP contribution in [-0.4, -0.2) is 32.5 Å². The summed E-state index contributed by atoms with van der Waals surface area (Å²) >= 11 is 7.68. The molecule has 0 fully saturated rings. The highest BCUT2D eigenvalue weighted by atomic mass is 35.5. The van der Waals surface area contributed by atoms with Crippen molar-refractivity contribution in [2.45, 2.75) is 4.90 Å². The molecule has 0 bridgehead atoms. The van der Waals surface area contributed by atoms with Gasteiger partial charge in [-0.2, -0.15) is 0 Å². The number of hydrogen-bond acceptors (Lipinski definition) is 6. The third-order valence-electron chi connectivity index (χ3n) is 5.39. The molecule has 0 saturated carbocycles. The molecule has 8 nitrogen and oxygen atoms in total. The number of ether oxygens (including phenoxy) is 1. The predicted molar refractivity (Wildman–Crippen MR) is 143 cm³/mol. The molecule has 0 spiro atoms. The second kappa shape index (κ2) is 10.6. The number of rotatable bonds is 8. The minimum absolute atomic E-state index is 0.00929. The van der Waals surface area contributed by atoms with Crippen LogP contribution in [0.2, 0.25) is 5.02 Å². The molecular weight excluding hydrogens is 520 g/mol. The summed E-state index contributed by atoms with van der Waals surface area (Å²) in [6.07, 6.45) is 1.47. The van der Waals surface area contributed by atoms with Crippen molar-refractivity contribution < 1.29 is 17.9 Å². The molecule has 1 N–H and O–H groups in total. The van der Waals surface area contributed by atoms with E-state index in [1.165, 1.54) is 42.7 Å². The number of hydrogen-bond donors (Lipinski definition) is 1. The molecule has 11 heteroatoms. The first-order valence-electron chi connectivity index (χ1n) is 10.7. The standard InChI is InChI=1S/C25H23ClN4O4S2/c1-4-15-30(20-9-5-7-11-22(20)34-3)36(32,33)17-13-14-19(26)18(16-17)24(31)27-28-25-29(2)21-10-6-8-12-23(21)35-25/h4-14,16H,1,15H2,2-3H3,(H,27,31)/b28-25+. The van der Waals surface area contributed by atoms with Crippen molar-refractivity contribution >= 4 is 54.8 Å². The highest BCUT2D eigenvalue weighted by molar-refractivity contribution is 7.92. The van der Waals surface area contributed by atoms with Gasteiger partial charge in [-0.15, -0.1) is 11.7 Å². The maximum absolute atomic E-state index is 13.6. The first kappa shape index (κ1) is 25.5. The van der Waals surface area contributed by atoms with Gasteiger partial charge in [0.15, 0.2) is 0 Å². The second-order valence-electron chi connectivity index (χ2n) is 7.60. The Bertz CT molecular complexity index is 1630. The van der Waals surface area contributed by atoms with E-state index in [0.29, 0.717) is 16.2 Å². The van der Waals surface area contributed by atoms with Gasteiger partial charge in [0.1, 0.15) is 5.75 Å². The van der Waals surface area contributed by atoms with E-state index in [-0.39, 0.29) is 22.0 Å². The Morgan fingerprint density at radius 2 is 1.92 bits per heavy atom.